The van der Waals surface area contributed by atoms with Crippen molar-refractivity contribution in [1.82, 2.24) is 0 Å². The predicted molar refractivity (Wildman–Crippen MR) is 76.6 cm³/mol. The SMILES string of the molecule is CCCCCCOc1ccc(C=NO)cc1OCC. The van der Waals surface area contributed by atoms with E-state index >= 15 is 0 Å². The van der Waals surface area contributed by atoms with Crippen molar-refractivity contribution < 1.29 is 14.7 Å². The van der Waals surface area contributed by atoms with Crippen molar-refractivity contribution in [2.24, 2.45) is 5.16 Å². The average molecular weight is 265 g/mol. The van der Waals surface area contributed by atoms with Gasteiger partial charge in [-0.1, -0.05) is 31.3 Å². The van der Waals surface area contributed by atoms with Gasteiger partial charge in [0, 0.05) is 5.56 Å². The van der Waals surface area contributed by atoms with Gasteiger partial charge in [0.1, 0.15) is 0 Å². The fraction of sp³-hybridized carbons (Fsp3) is 0.533. The van der Waals surface area contributed by atoms with E-state index in [1.165, 1.54) is 25.5 Å². The highest BCUT2D eigenvalue weighted by atomic mass is 16.5. The maximum absolute atomic E-state index is 8.53. The maximum Gasteiger partial charge on any atom is 0.161 e. The molecule has 0 amide bonds. The van der Waals surface area contributed by atoms with Crippen molar-refractivity contribution in [1.29, 1.82) is 0 Å². The van der Waals surface area contributed by atoms with E-state index in [1.807, 2.05) is 25.1 Å². The minimum absolute atomic E-state index is 0.575. The first kappa shape index (κ1) is 15.3. The second kappa shape index (κ2) is 9.25. The molecule has 0 aliphatic rings. The monoisotopic (exact) mass is 265 g/mol. The number of ether oxygens (including phenoxy) is 2. The van der Waals surface area contributed by atoms with Crippen LogP contribution in [0.2, 0.25) is 0 Å². The Morgan fingerprint density at radius 1 is 1.11 bits per heavy atom. The highest BCUT2D eigenvalue weighted by Gasteiger charge is 2.05. The molecule has 4 heteroatoms. The Morgan fingerprint density at radius 3 is 2.63 bits per heavy atom. The molecule has 0 aromatic heterocycles. The summed E-state index contributed by atoms with van der Waals surface area (Å²) in [5.74, 6) is 1.43. The molecular weight excluding hydrogens is 242 g/mol. The van der Waals surface area contributed by atoms with Crippen LogP contribution >= 0.6 is 0 Å². The molecule has 1 rings (SSSR count). The zero-order valence-electron chi connectivity index (χ0n) is 11.8. The summed E-state index contributed by atoms with van der Waals surface area (Å²) in [6, 6.07) is 5.50. The first-order valence-corrected chi connectivity index (χ1v) is 6.88. The third-order valence-electron chi connectivity index (χ3n) is 2.73. The fourth-order valence-corrected chi connectivity index (χ4v) is 1.77. The van der Waals surface area contributed by atoms with Crippen LogP contribution in [-0.2, 0) is 0 Å². The predicted octanol–water partition coefficient (Wildman–Crippen LogP) is 3.85. The van der Waals surface area contributed by atoms with Crippen LogP contribution in [0, 0.1) is 0 Å². The van der Waals surface area contributed by atoms with Gasteiger partial charge in [-0.15, -0.1) is 0 Å². The van der Waals surface area contributed by atoms with Crippen LogP contribution < -0.4 is 9.47 Å². The van der Waals surface area contributed by atoms with Gasteiger partial charge in [-0.2, -0.15) is 0 Å². The quantitative estimate of drug-likeness (QED) is 0.319. The highest BCUT2D eigenvalue weighted by Crippen LogP contribution is 2.28. The van der Waals surface area contributed by atoms with Gasteiger partial charge in [-0.05, 0) is 31.5 Å². The average Bonchev–Trinajstić information content (AvgIpc) is 2.41. The minimum Gasteiger partial charge on any atom is -0.490 e. The Morgan fingerprint density at radius 2 is 1.95 bits per heavy atom. The van der Waals surface area contributed by atoms with E-state index < -0.39 is 0 Å². The van der Waals surface area contributed by atoms with Crippen molar-refractivity contribution in [2.45, 2.75) is 39.5 Å². The lowest BCUT2D eigenvalue weighted by molar-refractivity contribution is 0.270. The summed E-state index contributed by atoms with van der Waals surface area (Å²) in [4.78, 5) is 0. The Balaban J connectivity index is 2.60. The number of unbranched alkanes of at least 4 members (excludes halogenated alkanes) is 3. The second-order valence-electron chi connectivity index (χ2n) is 4.29. The largest absolute Gasteiger partial charge is 0.490 e. The smallest absolute Gasteiger partial charge is 0.161 e. The Bertz CT molecular complexity index is 391. The lowest BCUT2D eigenvalue weighted by atomic mass is 10.2. The van der Waals surface area contributed by atoms with Gasteiger partial charge >= 0.3 is 0 Å². The third kappa shape index (κ3) is 5.64. The summed E-state index contributed by atoms with van der Waals surface area (Å²) in [6.07, 6.45) is 6.08. The van der Waals surface area contributed by atoms with E-state index in [9.17, 15) is 0 Å². The highest BCUT2D eigenvalue weighted by molar-refractivity contribution is 5.80. The van der Waals surface area contributed by atoms with Gasteiger partial charge in [0.15, 0.2) is 11.5 Å². The molecule has 0 aliphatic heterocycles. The van der Waals surface area contributed by atoms with Crippen LogP contribution in [0.4, 0.5) is 0 Å². The second-order valence-corrected chi connectivity index (χ2v) is 4.29. The number of hydrogen-bond acceptors (Lipinski definition) is 4. The topological polar surface area (TPSA) is 51.0 Å². The summed E-state index contributed by atoms with van der Waals surface area (Å²) in [5, 5.41) is 11.5. The molecule has 0 fully saturated rings. The zero-order valence-corrected chi connectivity index (χ0v) is 11.8. The molecule has 1 aromatic carbocycles. The van der Waals surface area contributed by atoms with E-state index in [2.05, 4.69) is 12.1 Å². The molecule has 19 heavy (non-hydrogen) atoms. The molecule has 4 nitrogen and oxygen atoms in total. The summed E-state index contributed by atoms with van der Waals surface area (Å²) in [7, 11) is 0. The van der Waals surface area contributed by atoms with Crippen molar-refractivity contribution >= 4 is 6.21 Å². The van der Waals surface area contributed by atoms with Gasteiger partial charge in [-0.3, -0.25) is 0 Å². The van der Waals surface area contributed by atoms with Crippen molar-refractivity contribution in [3.05, 3.63) is 23.8 Å². The van der Waals surface area contributed by atoms with Crippen LogP contribution in [0.1, 0.15) is 45.1 Å². The normalized spacial score (nSPS) is 10.8. The summed E-state index contributed by atoms with van der Waals surface area (Å²) in [5.41, 5.74) is 0.782. The molecule has 0 saturated carbocycles. The molecule has 0 spiro atoms. The minimum atomic E-state index is 0.575. The number of hydrogen-bond donors (Lipinski definition) is 1. The lowest BCUT2D eigenvalue weighted by Gasteiger charge is -2.12. The van der Waals surface area contributed by atoms with E-state index in [1.54, 1.807) is 0 Å². The maximum atomic E-state index is 8.53. The Kier molecular flexibility index (Phi) is 7.47. The van der Waals surface area contributed by atoms with Crippen LogP contribution in [0.15, 0.2) is 23.4 Å². The molecule has 106 valence electrons. The Labute approximate surface area is 115 Å². The van der Waals surface area contributed by atoms with E-state index in [0.29, 0.717) is 19.0 Å². The Hall–Kier alpha value is -1.71. The van der Waals surface area contributed by atoms with Crippen LogP contribution in [0.25, 0.3) is 0 Å². The van der Waals surface area contributed by atoms with Crippen LogP contribution in [-0.4, -0.2) is 24.6 Å². The number of rotatable bonds is 9. The van der Waals surface area contributed by atoms with E-state index in [0.717, 1.165) is 17.7 Å². The molecule has 0 saturated heterocycles. The van der Waals surface area contributed by atoms with Crippen molar-refractivity contribution in [3.8, 4) is 11.5 Å². The van der Waals surface area contributed by atoms with Crippen molar-refractivity contribution in [2.75, 3.05) is 13.2 Å². The van der Waals surface area contributed by atoms with Crippen LogP contribution in [0.3, 0.4) is 0 Å². The third-order valence-corrected chi connectivity index (χ3v) is 2.73. The summed E-state index contributed by atoms with van der Waals surface area (Å²) in [6.45, 7) is 5.40. The summed E-state index contributed by atoms with van der Waals surface area (Å²) < 4.78 is 11.3. The molecule has 1 aromatic rings. The molecular formula is C15H23NO3. The van der Waals surface area contributed by atoms with Crippen molar-refractivity contribution in [3.63, 3.8) is 0 Å². The van der Waals surface area contributed by atoms with Gasteiger partial charge in [0.25, 0.3) is 0 Å². The molecule has 0 heterocycles. The molecule has 0 aliphatic carbocycles. The number of oxime groups is 1. The number of nitrogens with zero attached hydrogens (tertiary/aromatic N) is 1. The lowest BCUT2D eigenvalue weighted by Crippen LogP contribution is -2.01. The van der Waals surface area contributed by atoms with Gasteiger partial charge in [-0.25, -0.2) is 0 Å². The molecule has 0 atom stereocenters. The molecule has 1 N–H and O–H groups in total. The van der Waals surface area contributed by atoms with E-state index in [-0.39, 0.29) is 0 Å². The standard InChI is InChI=1S/C15H23NO3/c1-3-5-6-7-10-19-14-9-8-13(12-16-17)11-15(14)18-4-2/h8-9,11-12,17H,3-7,10H2,1-2H3. The molecule has 0 bridgehead atoms. The van der Waals surface area contributed by atoms with E-state index in [4.69, 9.17) is 14.7 Å². The fourth-order valence-electron chi connectivity index (χ4n) is 1.77. The first-order valence-electron chi connectivity index (χ1n) is 6.88. The van der Waals surface area contributed by atoms with Gasteiger partial charge in [0.2, 0.25) is 0 Å². The first-order chi connectivity index (χ1) is 9.31. The summed E-state index contributed by atoms with van der Waals surface area (Å²) >= 11 is 0. The van der Waals surface area contributed by atoms with Gasteiger partial charge < -0.3 is 14.7 Å². The van der Waals surface area contributed by atoms with Crippen LogP contribution in [0.5, 0.6) is 11.5 Å². The zero-order chi connectivity index (χ0) is 13.9. The number of benzene rings is 1. The molecule has 0 radical (unpaired) electrons. The molecule has 0 unspecified atom stereocenters. The van der Waals surface area contributed by atoms with Gasteiger partial charge in [0.05, 0.1) is 19.4 Å².